The minimum absolute atomic E-state index is 0.456. The molecule has 0 radical (unpaired) electrons. The molecule has 0 bridgehead atoms. The van der Waals surface area contributed by atoms with Crippen molar-refractivity contribution in [2.45, 2.75) is 13.0 Å². The zero-order valence-electron chi connectivity index (χ0n) is 11.4. The first-order valence-corrected chi connectivity index (χ1v) is 6.92. The fourth-order valence-electron chi connectivity index (χ4n) is 2.56. The third kappa shape index (κ3) is 3.61. The second kappa shape index (κ2) is 6.58. The van der Waals surface area contributed by atoms with Crippen LogP contribution in [0.5, 0.6) is 0 Å². The fraction of sp³-hybridized carbons (Fsp3) is 0.500. The molecule has 0 aromatic carbocycles. The average molecular weight is 273 g/mol. The van der Waals surface area contributed by atoms with E-state index in [0.29, 0.717) is 5.92 Å². The van der Waals surface area contributed by atoms with Crippen LogP contribution in [-0.4, -0.2) is 51.1 Å². The minimum Gasteiger partial charge on any atom is -0.380 e. The molecule has 0 spiro atoms. The molecule has 106 valence electrons. The van der Waals surface area contributed by atoms with Crippen molar-refractivity contribution in [3.05, 3.63) is 42.5 Å². The topological polar surface area (TPSA) is 66.9 Å². The molecule has 1 aliphatic rings. The van der Waals surface area contributed by atoms with Gasteiger partial charge in [-0.25, -0.2) is 4.98 Å². The summed E-state index contributed by atoms with van der Waals surface area (Å²) in [6, 6.07) is 0. The molecule has 3 heterocycles. The monoisotopic (exact) mass is 273 g/mol. The highest BCUT2D eigenvalue weighted by molar-refractivity contribution is 4.98. The molecule has 0 amide bonds. The Morgan fingerprint density at radius 1 is 1.30 bits per heavy atom. The summed E-state index contributed by atoms with van der Waals surface area (Å²) in [5.41, 5.74) is 2.18. The molecule has 0 aliphatic carbocycles. The highest BCUT2D eigenvalue weighted by Crippen LogP contribution is 2.13. The second-order valence-corrected chi connectivity index (χ2v) is 5.15. The molecular weight excluding hydrogens is 254 g/mol. The number of rotatable bonds is 4. The first-order chi connectivity index (χ1) is 9.90. The number of imidazole rings is 1. The second-order valence-electron chi connectivity index (χ2n) is 5.15. The van der Waals surface area contributed by atoms with Gasteiger partial charge in [0.2, 0.25) is 0 Å². The molecule has 6 heteroatoms. The smallest absolute Gasteiger partial charge is 0.0922 e. The third-order valence-electron chi connectivity index (χ3n) is 3.49. The molecule has 3 rings (SSSR count). The van der Waals surface area contributed by atoms with Crippen LogP contribution in [0.4, 0.5) is 0 Å². The van der Waals surface area contributed by atoms with Gasteiger partial charge in [0, 0.05) is 56.0 Å². The van der Waals surface area contributed by atoms with Gasteiger partial charge in [0.25, 0.3) is 0 Å². The summed E-state index contributed by atoms with van der Waals surface area (Å²) in [6.07, 6.45) is 9.80. The van der Waals surface area contributed by atoms with Crippen LogP contribution in [-0.2, 0) is 17.7 Å². The molecule has 6 nitrogen and oxygen atoms in total. The van der Waals surface area contributed by atoms with Crippen molar-refractivity contribution in [2.24, 2.45) is 5.92 Å². The Balaban J connectivity index is 1.60. The molecule has 1 aliphatic heterocycles. The number of hydrogen-bond acceptors (Lipinski definition) is 5. The number of aromatic amines is 1. The molecule has 1 fully saturated rings. The first kappa shape index (κ1) is 13.2. The lowest BCUT2D eigenvalue weighted by molar-refractivity contribution is 0.121. The fourth-order valence-corrected chi connectivity index (χ4v) is 2.56. The number of aromatic nitrogens is 4. The van der Waals surface area contributed by atoms with E-state index in [4.69, 9.17) is 4.74 Å². The summed E-state index contributed by atoms with van der Waals surface area (Å²) >= 11 is 0. The quantitative estimate of drug-likeness (QED) is 0.896. The maximum atomic E-state index is 5.71. The molecule has 1 atom stereocenters. The zero-order valence-corrected chi connectivity index (χ0v) is 11.4. The number of nitrogens with one attached hydrogen (secondary N) is 1. The summed E-state index contributed by atoms with van der Waals surface area (Å²) < 4.78 is 5.71. The maximum absolute atomic E-state index is 5.71. The number of nitrogens with zero attached hydrogens (tertiary/aromatic N) is 4. The van der Waals surface area contributed by atoms with Crippen molar-refractivity contribution in [2.75, 3.05) is 26.3 Å². The Kier molecular flexibility index (Phi) is 4.35. The van der Waals surface area contributed by atoms with Crippen molar-refractivity contribution >= 4 is 0 Å². The normalized spacial score (nSPS) is 20.7. The lowest BCUT2D eigenvalue weighted by Gasteiger charge is -2.22. The molecule has 0 saturated carbocycles. The van der Waals surface area contributed by atoms with E-state index in [0.717, 1.165) is 50.7 Å². The summed E-state index contributed by atoms with van der Waals surface area (Å²) in [7, 11) is 0. The van der Waals surface area contributed by atoms with Gasteiger partial charge in [0.1, 0.15) is 0 Å². The molecule has 20 heavy (non-hydrogen) atoms. The van der Waals surface area contributed by atoms with Gasteiger partial charge in [-0.2, -0.15) is 0 Å². The molecule has 1 saturated heterocycles. The van der Waals surface area contributed by atoms with E-state index in [1.807, 2.05) is 12.4 Å². The van der Waals surface area contributed by atoms with E-state index in [-0.39, 0.29) is 0 Å². The van der Waals surface area contributed by atoms with Gasteiger partial charge >= 0.3 is 0 Å². The van der Waals surface area contributed by atoms with Crippen molar-refractivity contribution < 1.29 is 4.74 Å². The highest BCUT2D eigenvalue weighted by atomic mass is 16.5. The number of H-pyrrole nitrogens is 1. The van der Waals surface area contributed by atoms with Gasteiger partial charge in [-0.3, -0.25) is 14.9 Å². The van der Waals surface area contributed by atoms with Gasteiger partial charge in [-0.05, 0) is 6.42 Å². The van der Waals surface area contributed by atoms with Crippen LogP contribution in [0.1, 0.15) is 11.4 Å². The van der Waals surface area contributed by atoms with E-state index < -0.39 is 0 Å². The Bertz CT molecular complexity index is 502. The van der Waals surface area contributed by atoms with Gasteiger partial charge in [0.05, 0.1) is 25.2 Å². The van der Waals surface area contributed by atoms with Crippen molar-refractivity contribution in [1.29, 1.82) is 0 Å². The van der Waals surface area contributed by atoms with Crippen LogP contribution in [0.2, 0.25) is 0 Å². The minimum atomic E-state index is 0.456. The first-order valence-electron chi connectivity index (χ1n) is 6.92. The molecule has 2 aromatic rings. The van der Waals surface area contributed by atoms with Crippen molar-refractivity contribution in [3.8, 4) is 0 Å². The van der Waals surface area contributed by atoms with Gasteiger partial charge in [-0.15, -0.1) is 0 Å². The van der Waals surface area contributed by atoms with Crippen molar-refractivity contribution in [1.82, 2.24) is 24.8 Å². The Morgan fingerprint density at radius 2 is 2.30 bits per heavy atom. The Labute approximate surface area is 118 Å². The van der Waals surface area contributed by atoms with Crippen LogP contribution in [0, 0.1) is 5.92 Å². The predicted octanol–water partition coefficient (Wildman–Crippen LogP) is 0.891. The number of hydrogen-bond donors (Lipinski definition) is 1. The Morgan fingerprint density at radius 3 is 3.10 bits per heavy atom. The summed E-state index contributed by atoms with van der Waals surface area (Å²) in [5.74, 6) is 0.456. The van der Waals surface area contributed by atoms with E-state index in [9.17, 15) is 0 Å². The van der Waals surface area contributed by atoms with Crippen LogP contribution in [0.25, 0.3) is 0 Å². The summed E-state index contributed by atoms with van der Waals surface area (Å²) in [4.78, 5) is 18.1. The molecule has 1 unspecified atom stereocenters. The van der Waals surface area contributed by atoms with Gasteiger partial charge < -0.3 is 9.72 Å². The van der Waals surface area contributed by atoms with Crippen LogP contribution in [0.3, 0.4) is 0 Å². The maximum Gasteiger partial charge on any atom is 0.0922 e. The third-order valence-corrected chi connectivity index (χ3v) is 3.49. The summed E-state index contributed by atoms with van der Waals surface area (Å²) in [5, 5.41) is 0. The van der Waals surface area contributed by atoms with Crippen molar-refractivity contribution in [3.63, 3.8) is 0 Å². The van der Waals surface area contributed by atoms with Crippen LogP contribution >= 0.6 is 0 Å². The predicted molar refractivity (Wildman–Crippen MR) is 73.9 cm³/mol. The largest absolute Gasteiger partial charge is 0.380 e. The van der Waals surface area contributed by atoms with E-state index in [1.165, 1.54) is 0 Å². The lowest BCUT2D eigenvalue weighted by atomic mass is 10.0. The molecular formula is C14H19N5O. The SMILES string of the molecule is c1cnc(CC2COCCN(Cc3cnc[nH]3)C2)cn1. The molecule has 2 aromatic heterocycles. The average Bonchev–Trinajstić information content (AvgIpc) is 2.87. The highest BCUT2D eigenvalue weighted by Gasteiger charge is 2.20. The van der Waals surface area contributed by atoms with E-state index >= 15 is 0 Å². The lowest BCUT2D eigenvalue weighted by Crippen LogP contribution is -2.30. The van der Waals surface area contributed by atoms with Crippen LogP contribution in [0.15, 0.2) is 31.1 Å². The van der Waals surface area contributed by atoms with Gasteiger partial charge in [0.15, 0.2) is 0 Å². The van der Waals surface area contributed by atoms with E-state index in [2.05, 4.69) is 24.8 Å². The number of ether oxygens (including phenoxy) is 1. The molecule has 1 N–H and O–H groups in total. The van der Waals surface area contributed by atoms with E-state index in [1.54, 1.807) is 18.7 Å². The zero-order chi connectivity index (χ0) is 13.6. The Hall–Kier alpha value is -1.79. The van der Waals surface area contributed by atoms with Crippen LogP contribution < -0.4 is 0 Å². The summed E-state index contributed by atoms with van der Waals surface area (Å²) in [6.45, 7) is 4.42. The standard InChI is InChI=1S/C14H19N5O/c1-2-17-13(6-15-1)5-12-8-19(3-4-20-10-12)9-14-7-16-11-18-14/h1-2,6-7,11-12H,3-5,8-10H2,(H,16,18). The van der Waals surface area contributed by atoms with Gasteiger partial charge in [-0.1, -0.05) is 0 Å².